The fourth-order valence-electron chi connectivity index (χ4n) is 5.70. The van der Waals surface area contributed by atoms with Gasteiger partial charge in [-0.1, -0.05) is 152 Å². The summed E-state index contributed by atoms with van der Waals surface area (Å²) < 4.78 is 0. The van der Waals surface area contributed by atoms with Gasteiger partial charge in [0, 0.05) is 0 Å². The van der Waals surface area contributed by atoms with Crippen LogP contribution in [-0.4, -0.2) is 0 Å². The van der Waals surface area contributed by atoms with E-state index in [2.05, 4.69) is 158 Å². The zero-order chi connectivity index (χ0) is 25.3. The SMILES string of the molecule is c1ccc(-c2ccc(-c3c4ccccc4c(-c4cccc(-c5ccccc5)c4)c4ccccc34)cc2)cc1. The molecule has 0 bridgehead atoms. The van der Waals surface area contributed by atoms with Gasteiger partial charge < -0.3 is 0 Å². The third kappa shape index (κ3) is 3.88. The second-order valence-electron chi connectivity index (χ2n) is 9.73. The van der Waals surface area contributed by atoms with E-state index in [0.717, 1.165) is 0 Å². The molecule has 7 aromatic rings. The van der Waals surface area contributed by atoms with Gasteiger partial charge in [-0.2, -0.15) is 0 Å². The normalized spacial score (nSPS) is 11.2. The van der Waals surface area contributed by atoms with Crippen LogP contribution in [-0.2, 0) is 0 Å². The van der Waals surface area contributed by atoms with Crippen LogP contribution in [0.1, 0.15) is 0 Å². The number of hydrogen-bond donors (Lipinski definition) is 0. The zero-order valence-electron chi connectivity index (χ0n) is 21.0. The number of rotatable bonds is 4. The molecule has 0 fully saturated rings. The molecule has 0 nitrogen and oxygen atoms in total. The minimum atomic E-state index is 1.23. The standard InChI is InChI=1S/C38H26/c1-3-12-27(13-4-1)29-22-24-30(25-23-29)37-33-18-7-9-20-35(33)38(36-21-10-8-19-34(36)37)32-17-11-16-31(26-32)28-14-5-2-6-15-28/h1-26H. The second kappa shape index (κ2) is 9.50. The van der Waals surface area contributed by atoms with Gasteiger partial charge in [-0.15, -0.1) is 0 Å². The van der Waals surface area contributed by atoms with Crippen molar-refractivity contribution in [1.29, 1.82) is 0 Å². The van der Waals surface area contributed by atoms with Gasteiger partial charge in [0.25, 0.3) is 0 Å². The molecule has 7 rings (SSSR count). The summed E-state index contributed by atoms with van der Waals surface area (Å²) in [5, 5.41) is 5.11. The molecule has 0 radical (unpaired) electrons. The fraction of sp³-hybridized carbons (Fsp3) is 0. The summed E-state index contributed by atoms with van der Waals surface area (Å²) in [5.41, 5.74) is 10.00. The van der Waals surface area contributed by atoms with Crippen molar-refractivity contribution in [3.05, 3.63) is 158 Å². The Bertz CT molecular complexity index is 1820. The lowest BCUT2D eigenvalue weighted by Gasteiger charge is -2.18. The average Bonchev–Trinajstić information content (AvgIpc) is 3.01. The second-order valence-corrected chi connectivity index (χ2v) is 9.73. The highest BCUT2D eigenvalue weighted by Crippen LogP contribution is 2.44. The van der Waals surface area contributed by atoms with Gasteiger partial charge >= 0.3 is 0 Å². The minimum Gasteiger partial charge on any atom is -0.0622 e. The largest absolute Gasteiger partial charge is 0.0622 e. The van der Waals surface area contributed by atoms with Gasteiger partial charge in [-0.05, 0) is 72.1 Å². The van der Waals surface area contributed by atoms with Gasteiger partial charge in [0.2, 0.25) is 0 Å². The van der Waals surface area contributed by atoms with E-state index in [1.807, 2.05) is 0 Å². The smallest absolute Gasteiger partial charge is 0.00262 e. The zero-order valence-corrected chi connectivity index (χ0v) is 21.0. The maximum atomic E-state index is 2.33. The summed E-state index contributed by atoms with van der Waals surface area (Å²) >= 11 is 0. The van der Waals surface area contributed by atoms with Crippen molar-refractivity contribution in [1.82, 2.24) is 0 Å². The Labute approximate surface area is 223 Å². The highest BCUT2D eigenvalue weighted by Gasteiger charge is 2.16. The van der Waals surface area contributed by atoms with E-state index in [0.29, 0.717) is 0 Å². The van der Waals surface area contributed by atoms with Crippen LogP contribution in [0.15, 0.2) is 158 Å². The van der Waals surface area contributed by atoms with Crippen LogP contribution in [0.2, 0.25) is 0 Å². The highest BCUT2D eigenvalue weighted by molar-refractivity contribution is 6.21. The molecule has 0 aromatic heterocycles. The van der Waals surface area contributed by atoms with E-state index < -0.39 is 0 Å². The van der Waals surface area contributed by atoms with Crippen LogP contribution in [0, 0.1) is 0 Å². The van der Waals surface area contributed by atoms with E-state index in [1.54, 1.807) is 0 Å². The minimum absolute atomic E-state index is 1.23. The Morgan fingerprint density at radius 1 is 0.211 bits per heavy atom. The molecule has 0 saturated heterocycles. The fourth-order valence-corrected chi connectivity index (χ4v) is 5.70. The first kappa shape index (κ1) is 22.3. The van der Waals surface area contributed by atoms with Crippen molar-refractivity contribution in [2.24, 2.45) is 0 Å². The number of hydrogen-bond acceptors (Lipinski definition) is 0. The first-order chi connectivity index (χ1) is 18.9. The summed E-state index contributed by atoms with van der Waals surface area (Å²) in [7, 11) is 0. The van der Waals surface area contributed by atoms with Gasteiger partial charge in [0.15, 0.2) is 0 Å². The number of fused-ring (bicyclic) bond motifs is 2. The Kier molecular flexibility index (Phi) is 5.57. The molecule has 0 aliphatic heterocycles. The first-order valence-corrected chi connectivity index (χ1v) is 13.1. The molecule has 0 heterocycles. The van der Waals surface area contributed by atoms with Gasteiger partial charge in [-0.3, -0.25) is 0 Å². The van der Waals surface area contributed by atoms with Crippen LogP contribution in [0.5, 0.6) is 0 Å². The van der Waals surface area contributed by atoms with Crippen molar-refractivity contribution in [2.75, 3.05) is 0 Å². The maximum Gasteiger partial charge on any atom is -0.00262 e. The summed E-state index contributed by atoms with van der Waals surface area (Å²) in [6.45, 7) is 0. The van der Waals surface area contributed by atoms with Crippen molar-refractivity contribution in [2.45, 2.75) is 0 Å². The molecule has 0 N–H and O–H groups in total. The summed E-state index contributed by atoms with van der Waals surface area (Å²) in [5.74, 6) is 0. The lowest BCUT2D eigenvalue weighted by Crippen LogP contribution is -1.91. The van der Waals surface area contributed by atoms with Crippen LogP contribution in [0.25, 0.3) is 66.1 Å². The molecule has 0 heteroatoms. The third-order valence-electron chi connectivity index (χ3n) is 7.47. The molecule has 0 saturated carbocycles. The van der Waals surface area contributed by atoms with E-state index in [9.17, 15) is 0 Å². The Balaban J connectivity index is 1.47. The molecule has 0 amide bonds. The molecule has 0 spiro atoms. The third-order valence-corrected chi connectivity index (χ3v) is 7.47. The van der Waals surface area contributed by atoms with Crippen LogP contribution in [0.4, 0.5) is 0 Å². The Morgan fingerprint density at radius 3 is 1.08 bits per heavy atom. The summed E-state index contributed by atoms with van der Waals surface area (Å²) in [6.07, 6.45) is 0. The van der Waals surface area contributed by atoms with Crippen LogP contribution < -0.4 is 0 Å². The van der Waals surface area contributed by atoms with Gasteiger partial charge in [0.1, 0.15) is 0 Å². The molecule has 38 heavy (non-hydrogen) atoms. The molecule has 7 aromatic carbocycles. The van der Waals surface area contributed by atoms with Crippen molar-refractivity contribution < 1.29 is 0 Å². The topological polar surface area (TPSA) is 0 Å². The Hall–Kier alpha value is -4.94. The molecule has 178 valence electrons. The molecule has 0 aliphatic carbocycles. The quantitative estimate of drug-likeness (QED) is 0.219. The summed E-state index contributed by atoms with van der Waals surface area (Å²) in [6, 6.07) is 56.9. The van der Waals surface area contributed by atoms with Crippen molar-refractivity contribution in [3.8, 4) is 44.5 Å². The predicted molar refractivity (Wildman–Crippen MR) is 163 cm³/mol. The van der Waals surface area contributed by atoms with E-state index in [1.165, 1.54) is 66.1 Å². The molecule has 0 atom stereocenters. The van der Waals surface area contributed by atoms with E-state index in [-0.39, 0.29) is 0 Å². The first-order valence-electron chi connectivity index (χ1n) is 13.1. The monoisotopic (exact) mass is 482 g/mol. The van der Waals surface area contributed by atoms with E-state index in [4.69, 9.17) is 0 Å². The summed E-state index contributed by atoms with van der Waals surface area (Å²) in [4.78, 5) is 0. The lowest BCUT2D eigenvalue weighted by molar-refractivity contribution is 1.60. The lowest BCUT2D eigenvalue weighted by atomic mass is 9.85. The highest BCUT2D eigenvalue weighted by atomic mass is 14.2. The number of benzene rings is 7. The van der Waals surface area contributed by atoms with Crippen LogP contribution in [0.3, 0.4) is 0 Å². The average molecular weight is 483 g/mol. The molecular formula is C38H26. The van der Waals surface area contributed by atoms with Gasteiger partial charge in [-0.25, -0.2) is 0 Å². The maximum absolute atomic E-state index is 2.33. The predicted octanol–water partition coefficient (Wildman–Crippen LogP) is 10.7. The van der Waals surface area contributed by atoms with Gasteiger partial charge in [0.05, 0.1) is 0 Å². The van der Waals surface area contributed by atoms with Crippen LogP contribution >= 0.6 is 0 Å². The van der Waals surface area contributed by atoms with Crippen molar-refractivity contribution in [3.63, 3.8) is 0 Å². The van der Waals surface area contributed by atoms with E-state index >= 15 is 0 Å². The Morgan fingerprint density at radius 2 is 0.553 bits per heavy atom. The molecule has 0 aliphatic rings. The van der Waals surface area contributed by atoms with Crippen molar-refractivity contribution >= 4 is 21.5 Å². The molecular weight excluding hydrogens is 456 g/mol. The molecule has 0 unspecified atom stereocenters.